The zero-order chi connectivity index (χ0) is 76.5. The number of aromatic nitrogens is 9. The van der Waals surface area contributed by atoms with E-state index < -0.39 is 38.3 Å². The van der Waals surface area contributed by atoms with Crippen LogP contribution in [0.5, 0.6) is 17.6 Å². The normalized spacial score (nSPS) is 17.9. The van der Waals surface area contributed by atoms with E-state index in [0.29, 0.717) is 49.7 Å². The number of aryl methyl sites for hydroxylation is 6. The molecule has 0 aliphatic carbocycles. The molecule has 3 aliphatic heterocycles. The van der Waals surface area contributed by atoms with Gasteiger partial charge in [-0.1, -0.05) is 71.9 Å². The molecule has 0 saturated carbocycles. The van der Waals surface area contributed by atoms with E-state index in [4.69, 9.17) is 62.8 Å². The molecule has 6 atom stereocenters. The van der Waals surface area contributed by atoms with Crippen molar-refractivity contribution in [1.82, 2.24) is 58.7 Å². The number of nitrogens with one attached hydrogen (secondary N) is 1. The molecule has 3 fully saturated rings. The molecule has 9 aromatic heterocycles. The van der Waals surface area contributed by atoms with Gasteiger partial charge in [-0.2, -0.15) is 0 Å². The number of methoxy groups -OCH3 is 4. The largest absolute Gasteiger partial charge is 0.480 e. The summed E-state index contributed by atoms with van der Waals surface area (Å²) in [6.07, 6.45) is 4.55. The third-order valence-electron chi connectivity index (χ3n) is 20.1. The number of benzene rings is 1. The zero-order valence-electron chi connectivity index (χ0n) is 64.3. The highest BCUT2D eigenvalue weighted by atomic mass is 19.1. The lowest BCUT2D eigenvalue weighted by Crippen LogP contribution is -2.30. The number of rotatable bonds is 23. The summed E-state index contributed by atoms with van der Waals surface area (Å²) >= 11 is 0. The lowest BCUT2D eigenvalue weighted by molar-refractivity contribution is 0.0290. The van der Waals surface area contributed by atoms with Crippen LogP contribution in [0, 0.1) is 41.5 Å². The molecule has 22 nitrogen and oxygen atoms in total. The van der Waals surface area contributed by atoms with Gasteiger partial charge in [0.25, 0.3) is 0 Å². The monoisotopic (exact) mass is 1470 g/mol. The molecule has 0 spiro atoms. The summed E-state index contributed by atoms with van der Waals surface area (Å²) in [6.45, 7) is 26.4. The highest BCUT2D eigenvalue weighted by Crippen LogP contribution is 2.41. The van der Waals surface area contributed by atoms with Crippen LogP contribution in [0.1, 0.15) is 133 Å². The minimum Gasteiger partial charge on any atom is -0.480 e. The standard InChI is InChI=1S/C32H37FN4O4.C26H33FN4O4.C24H31FN4O2/c1-20(2)25-12-11-24(31(34-25)39-5)29-21(3)15-26-30(35-29)22(4)16-37(26)27-17-36(18-28(27)40-14-13-33)32(38)41-19-23-9-7-6-8-10-23;1-15(2)19-8-7-18(25(28-19)33-5)23-16(3)11-20-24(29-23)17(4)12-31(20)21-13-30(26(32)34-6)14-22(21)35-10-9-27;1-14(2)18-7-6-17(24(27-18)30-5)22-15(3)10-19-23(28-22)16(4)13-29(19)20-11-26-12-21(20)31-9-8-25/h6-12,15-16,20,27-28H,13-14,17-19H2,1-5H3;7-8,11-12,15,21-22H,9-10,13-14H2,1-6H3;6-7,10,13-14,20-21,26H,8-9,11-12H2,1-5H3/t27-,28+;21-,22+;20-,21+/m111/s1. The minimum atomic E-state index is -0.595. The van der Waals surface area contributed by atoms with Crippen LogP contribution in [0.25, 0.3) is 66.9 Å². The average Bonchev–Trinajstić information content (AvgIpc) is 1.62. The second-order valence-corrected chi connectivity index (χ2v) is 28.5. The van der Waals surface area contributed by atoms with Crippen molar-refractivity contribution in [2.45, 2.75) is 144 Å². The van der Waals surface area contributed by atoms with Gasteiger partial charge >= 0.3 is 12.2 Å². The number of likely N-dealkylation sites (tertiary alicyclic amines) is 2. The maximum atomic E-state index is 13.1. The van der Waals surface area contributed by atoms with Crippen molar-refractivity contribution >= 4 is 45.3 Å². The summed E-state index contributed by atoms with van der Waals surface area (Å²) in [5, 5.41) is 3.37. The Morgan fingerprint density at radius 3 is 1.17 bits per heavy atom. The molecule has 25 heteroatoms. The van der Waals surface area contributed by atoms with Crippen molar-refractivity contribution in [2.24, 2.45) is 0 Å². The first-order chi connectivity index (χ1) is 51.5. The number of amides is 2. The van der Waals surface area contributed by atoms with Crippen LogP contribution in [0.3, 0.4) is 0 Å². The quantitative estimate of drug-likeness (QED) is 0.0629. The summed E-state index contributed by atoms with van der Waals surface area (Å²) in [5.41, 5.74) is 20.5. The van der Waals surface area contributed by atoms with Crippen molar-refractivity contribution in [1.29, 1.82) is 0 Å². The van der Waals surface area contributed by atoms with Gasteiger partial charge in [0.05, 0.1) is 165 Å². The first kappa shape index (κ1) is 78.4. The fraction of sp³-hybridized carbons (Fsp3) is 0.463. The smallest absolute Gasteiger partial charge is 0.410 e. The van der Waals surface area contributed by atoms with Gasteiger partial charge < -0.3 is 66.7 Å². The topological polar surface area (TPSA) is 219 Å². The summed E-state index contributed by atoms with van der Waals surface area (Å²) in [5.74, 6) is 2.58. The summed E-state index contributed by atoms with van der Waals surface area (Å²) < 4.78 is 89.9. The second kappa shape index (κ2) is 34.9. The van der Waals surface area contributed by atoms with E-state index in [-0.39, 0.29) is 68.6 Å². The molecule has 13 rings (SSSR count). The molecule has 1 aromatic carbocycles. The number of hydrogen-bond acceptors (Lipinski definition) is 17. The molecule has 10 aromatic rings. The van der Waals surface area contributed by atoms with Crippen molar-refractivity contribution < 1.29 is 60.7 Å². The molecule has 0 unspecified atom stereocenters. The minimum absolute atomic E-state index is 0.0189. The zero-order valence-corrected chi connectivity index (χ0v) is 64.3. The van der Waals surface area contributed by atoms with E-state index in [1.807, 2.05) is 101 Å². The van der Waals surface area contributed by atoms with Gasteiger partial charge in [-0.3, -0.25) is 0 Å². The van der Waals surface area contributed by atoms with Crippen molar-refractivity contribution in [3.8, 4) is 51.4 Å². The van der Waals surface area contributed by atoms with Crippen molar-refractivity contribution in [3.63, 3.8) is 0 Å². The molecule has 1 N–H and O–H groups in total. The Morgan fingerprint density at radius 2 is 0.813 bits per heavy atom. The number of hydrogen-bond donors (Lipinski definition) is 1. The lowest BCUT2D eigenvalue weighted by atomic mass is 10.0. The number of nitrogens with zero attached hydrogens (tertiary/aromatic N) is 11. The Morgan fingerprint density at radius 1 is 0.449 bits per heavy atom. The summed E-state index contributed by atoms with van der Waals surface area (Å²) in [4.78, 5) is 57.7. The van der Waals surface area contributed by atoms with Crippen LogP contribution >= 0.6 is 0 Å². The van der Waals surface area contributed by atoms with E-state index in [9.17, 15) is 22.8 Å². The fourth-order valence-corrected chi connectivity index (χ4v) is 14.5. The summed E-state index contributed by atoms with van der Waals surface area (Å²) in [6, 6.07) is 27.8. The number of carbonyl (C=O) groups excluding carboxylic acids is 2. The third-order valence-corrected chi connectivity index (χ3v) is 20.1. The molecular formula is C82H101F3N12O10. The van der Waals surface area contributed by atoms with E-state index in [1.165, 1.54) is 7.11 Å². The van der Waals surface area contributed by atoms with Crippen molar-refractivity contribution in [3.05, 3.63) is 160 Å². The maximum absolute atomic E-state index is 13.1. The number of pyridine rings is 6. The molecular weight excluding hydrogens is 1370 g/mol. The molecule has 3 aliphatic rings. The Hall–Kier alpha value is -9.69. The predicted molar refractivity (Wildman–Crippen MR) is 409 cm³/mol. The van der Waals surface area contributed by atoms with Crippen LogP contribution in [-0.4, -0.2) is 191 Å². The van der Waals surface area contributed by atoms with Gasteiger partial charge in [-0.25, -0.2) is 52.7 Å². The highest BCUT2D eigenvalue weighted by Gasteiger charge is 2.41. The average molecular weight is 1470 g/mol. The van der Waals surface area contributed by atoms with E-state index in [1.54, 1.807) is 31.1 Å². The third kappa shape index (κ3) is 17.0. The van der Waals surface area contributed by atoms with Gasteiger partial charge in [0, 0.05) is 61.9 Å². The Kier molecular flexibility index (Phi) is 25.6. The Labute approximate surface area is 624 Å². The Balaban J connectivity index is 0.000000162. The lowest BCUT2D eigenvalue weighted by Gasteiger charge is -2.21. The van der Waals surface area contributed by atoms with E-state index in [2.05, 4.69) is 110 Å². The van der Waals surface area contributed by atoms with Gasteiger partial charge in [-0.15, -0.1) is 0 Å². The number of halogens is 3. The fourth-order valence-electron chi connectivity index (χ4n) is 14.5. The van der Waals surface area contributed by atoms with E-state index >= 15 is 0 Å². The molecule has 570 valence electrons. The number of ether oxygens (including phenoxy) is 8. The first-order valence-corrected chi connectivity index (χ1v) is 36.7. The maximum Gasteiger partial charge on any atom is 0.410 e. The van der Waals surface area contributed by atoms with E-state index in [0.717, 1.165) is 136 Å². The number of alkyl halides is 3. The number of carbonyl (C=O) groups is 2. The molecule has 2 amide bonds. The van der Waals surface area contributed by atoms with Gasteiger partial charge in [0.1, 0.15) is 26.6 Å². The highest BCUT2D eigenvalue weighted by molar-refractivity contribution is 5.88. The van der Waals surface area contributed by atoms with Crippen LogP contribution in [-0.2, 0) is 30.3 Å². The van der Waals surface area contributed by atoms with Crippen molar-refractivity contribution in [2.75, 3.05) is 108 Å². The molecule has 107 heavy (non-hydrogen) atoms. The second-order valence-electron chi connectivity index (χ2n) is 28.5. The van der Waals surface area contributed by atoms with Crippen LogP contribution < -0.4 is 19.5 Å². The SMILES string of the molecule is COC(=O)N1C[C@H](OCCF)[C@H](n2cc(C)c3nc(-c4ccc(C(C)C)nc4OC)c(C)cc32)C1.COc1nc(C(C)C)ccc1-c1nc2c(C)cn([C@@H]3CN(C(=O)OCc4ccccc4)C[C@@H]3OCCF)c2cc1C.COc1nc(C(C)C)ccc1-c1nc2c(C)cn([C@@H]3CNC[C@@H]3OCCF)c2cc1C. The van der Waals surface area contributed by atoms with Gasteiger partial charge in [0.2, 0.25) is 17.6 Å². The molecule has 0 radical (unpaired) electrons. The van der Waals surface area contributed by atoms with Crippen LogP contribution in [0.4, 0.5) is 22.8 Å². The molecule has 3 saturated heterocycles. The summed E-state index contributed by atoms with van der Waals surface area (Å²) in [7, 11) is 6.25. The van der Waals surface area contributed by atoms with Gasteiger partial charge in [-0.05, 0) is 153 Å². The van der Waals surface area contributed by atoms with Gasteiger partial charge in [0.15, 0.2) is 0 Å². The van der Waals surface area contributed by atoms with Crippen LogP contribution in [0.15, 0.2) is 104 Å². The van der Waals surface area contributed by atoms with Crippen LogP contribution in [0.2, 0.25) is 0 Å². The number of fused-ring (bicyclic) bond motifs is 3. The Bertz CT molecular complexity index is 4760. The molecule has 0 bridgehead atoms. The predicted octanol–water partition coefficient (Wildman–Crippen LogP) is 15.6. The first-order valence-electron chi connectivity index (χ1n) is 36.7. The molecule has 12 heterocycles.